The molecule has 0 aliphatic carbocycles. The Morgan fingerprint density at radius 3 is 1.70 bits per heavy atom. The van der Waals surface area contributed by atoms with Crippen LogP contribution in [0.5, 0.6) is 0 Å². The molecular weight excluding hydrogens is 767 g/mol. The second kappa shape index (κ2) is 14.2. The molecule has 12 aromatic rings. The van der Waals surface area contributed by atoms with Crippen molar-refractivity contribution < 1.29 is 0 Å². The van der Waals surface area contributed by atoms with Crippen LogP contribution in [0.4, 0.5) is 0 Å². The molecule has 0 aliphatic heterocycles. The van der Waals surface area contributed by atoms with E-state index in [4.69, 9.17) is 15.0 Å². The molecule has 5 heteroatoms. The van der Waals surface area contributed by atoms with Gasteiger partial charge in [0.15, 0.2) is 5.82 Å². The van der Waals surface area contributed by atoms with Crippen LogP contribution in [-0.2, 0) is 0 Å². The summed E-state index contributed by atoms with van der Waals surface area (Å²) in [5.74, 6) is 0.682. The Morgan fingerprint density at radius 2 is 0.900 bits per heavy atom. The van der Waals surface area contributed by atoms with E-state index in [1.54, 1.807) is 0 Å². The van der Waals surface area contributed by atoms with Crippen LogP contribution in [0.2, 0.25) is 0 Å². The number of aromatic nitrogens is 3. The average molecular weight is 800 g/mol. The normalized spacial score (nSPS) is 11.7. The summed E-state index contributed by atoms with van der Waals surface area (Å²) >= 11 is 3.67. The van der Waals surface area contributed by atoms with E-state index in [0.717, 1.165) is 44.9 Å². The van der Waals surface area contributed by atoms with Gasteiger partial charge >= 0.3 is 0 Å². The Hall–Kier alpha value is -7.31. The monoisotopic (exact) mass is 799 g/mol. The fourth-order valence-electron chi connectivity index (χ4n) is 8.57. The van der Waals surface area contributed by atoms with Crippen LogP contribution in [0, 0.1) is 0 Å². The molecule has 0 spiro atoms. The summed E-state index contributed by atoms with van der Waals surface area (Å²) < 4.78 is 5.05. The van der Waals surface area contributed by atoms with E-state index in [0.29, 0.717) is 5.82 Å². The van der Waals surface area contributed by atoms with Gasteiger partial charge in [0, 0.05) is 63.3 Å². The molecular formula is C55H33N3S2. The van der Waals surface area contributed by atoms with Gasteiger partial charge < -0.3 is 0 Å². The minimum Gasteiger partial charge on any atom is -0.246 e. The van der Waals surface area contributed by atoms with Gasteiger partial charge in [-0.3, -0.25) is 0 Å². The number of benzene rings is 8. The summed E-state index contributed by atoms with van der Waals surface area (Å²) in [6, 6.07) is 71.2. The lowest BCUT2D eigenvalue weighted by atomic mass is 9.98. The predicted octanol–water partition coefficient (Wildman–Crippen LogP) is 15.8. The molecule has 0 radical (unpaired) electrons. The van der Waals surface area contributed by atoms with E-state index in [9.17, 15) is 0 Å². The van der Waals surface area contributed by atoms with E-state index in [-0.39, 0.29) is 0 Å². The van der Waals surface area contributed by atoms with Crippen LogP contribution in [0.25, 0.3) is 119 Å². The van der Waals surface area contributed by atoms with Gasteiger partial charge in [-0.1, -0.05) is 164 Å². The Bertz CT molecular complexity index is 3590. The number of thiophene rings is 2. The Labute approximate surface area is 354 Å². The molecule has 0 saturated heterocycles. The molecule has 60 heavy (non-hydrogen) atoms. The number of hydrogen-bond donors (Lipinski definition) is 0. The van der Waals surface area contributed by atoms with Gasteiger partial charge in [-0.15, -0.1) is 22.7 Å². The van der Waals surface area contributed by atoms with E-state index in [1.807, 2.05) is 28.7 Å². The topological polar surface area (TPSA) is 38.7 Å². The minimum atomic E-state index is 0.682. The third-order valence-corrected chi connectivity index (χ3v) is 13.9. The van der Waals surface area contributed by atoms with Gasteiger partial charge in [-0.25, -0.2) is 15.0 Å². The lowest BCUT2D eigenvalue weighted by Crippen LogP contribution is -1.96. The first-order valence-corrected chi connectivity index (χ1v) is 21.7. The van der Waals surface area contributed by atoms with Crippen LogP contribution in [0.3, 0.4) is 0 Å². The van der Waals surface area contributed by atoms with Gasteiger partial charge in [0.05, 0.1) is 27.3 Å². The van der Waals surface area contributed by atoms with Gasteiger partial charge in [0.2, 0.25) is 0 Å². The number of nitrogens with zero attached hydrogens (tertiary/aromatic N) is 3. The SMILES string of the molecule is c1ccc(-c2ccc3nc(-c4ccc(-c5nc(-c6ccccc6)cc(-c6cccc(-c7cccc8c7sc7ccccc78)c6)n5)cc4)c4sc5ccccc5c4c3c2)cc1. The molecule has 0 aliphatic rings. The molecule has 3 nitrogen and oxygen atoms in total. The minimum absolute atomic E-state index is 0.682. The van der Waals surface area contributed by atoms with Crippen molar-refractivity contribution in [3.8, 4) is 67.4 Å². The summed E-state index contributed by atoms with van der Waals surface area (Å²) in [6.45, 7) is 0. The first kappa shape index (κ1) is 34.7. The second-order valence-electron chi connectivity index (χ2n) is 15.1. The lowest BCUT2D eigenvalue weighted by Gasteiger charge is -2.12. The maximum atomic E-state index is 5.36. The van der Waals surface area contributed by atoms with Crippen LogP contribution >= 0.6 is 22.7 Å². The van der Waals surface area contributed by atoms with Crippen LogP contribution in [-0.4, -0.2) is 15.0 Å². The Balaban J connectivity index is 0.972. The molecule has 4 heterocycles. The van der Waals surface area contributed by atoms with E-state index in [2.05, 4.69) is 194 Å². The zero-order valence-electron chi connectivity index (χ0n) is 32.2. The molecule has 0 bridgehead atoms. The highest BCUT2D eigenvalue weighted by Gasteiger charge is 2.18. The van der Waals surface area contributed by atoms with Crippen molar-refractivity contribution in [2.45, 2.75) is 0 Å². The molecule has 8 aromatic carbocycles. The Morgan fingerprint density at radius 1 is 0.317 bits per heavy atom. The maximum absolute atomic E-state index is 5.36. The largest absolute Gasteiger partial charge is 0.246 e. The van der Waals surface area contributed by atoms with Crippen molar-refractivity contribution in [3.63, 3.8) is 0 Å². The summed E-state index contributed by atoms with van der Waals surface area (Å²) in [6.07, 6.45) is 0. The zero-order valence-corrected chi connectivity index (χ0v) is 33.8. The number of rotatable bonds is 6. The van der Waals surface area contributed by atoms with Crippen molar-refractivity contribution >= 4 is 73.9 Å². The van der Waals surface area contributed by atoms with Crippen molar-refractivity contribution in [3.05, 3.63) is 200 Å². The smallest absolute Gasteiger partial charge is 0.160 e. The van der Waals surface area contributed by atoms with Crippen molar-refractivity contribution in [1.82, 2.24) is 15.0 Å². The highest BCUT2D eigenvalue weighted by molar-refractivity contribution is 7.26. The Kier molecular flexibility index (Phi) is 8.22. The van der Waals surface area contributed by atoms with E-state index in [1.165, 1.54) is 68.0 Å². The molecule has 0 saturated carbocycles. The van der Waals surface area contributed by atoms with Crippen molar-refractivity contribution in [2.75, 3.05) is 0 Å². The number of hydrogen-bond acceptors (Lipinski definition) is 5. The second-order valence-corrected chi connectivity index (χ2v) is 17.2. The van der Waals surface area contributed by atoms with Gasteiger partial charge in [-0.2, -0.15) is 0 Å². The molecule has 0 unspecified atom stereocenters. The summed E-state index contributed by atoms with van der Waals surface area (Å²) in [7, 11) is 0. The summed E-state index contributed by atoms with van der Waals surface area (Å²) in [4.78, 5) is 15.8. The molecule has 0 amide bonds. The fourth-order valence-corrected chi connectivity index (χ4v) is 11.0. The van der Waals surface area contributed by atoms with E-state index < -0.39 is 0 Å². The van der Waals surface area contributed by atoms with Crippen LogP contribution in [0.1, 0.15) is 0 Å². The third-order valence-electron chi connectivity index (χ3n) is 11.5. The highest BCUT2D eigenvalue weighted by Crippen LogP contribution is 2.44. The van der Waals surface area contributed by atoms with Gasteiger partial charge in [0.25, 0.3) is 0 Å². The quantitative estimate of drug-likeness (QED) is 0.168. The number of pyridine rings is 1. The molecule has 0 fully saturated rings. The summed E-state index contributed by atoms with van der Waals surface area (Å²) in [5, 5.41) is 6.29. The number of fused-ring (bicyclic) bond motifs is 8. The standard InChI is InChI=1S/C55H33N3S2/c1-3-13-34(14-4-1)38-29-30-46-45(32-38)51-44-20-8-10-24-50(44)60-54(51)52(56-46)36-25-27-37(28-26-36)55-57-47(35-15-5-2-6-16-35)33-48(58-55)40-18-11-17-39(31-40)41-21-12-22-43-42-19-7-9-23-49(42)59-53(41)43/h1-33H. The fraction of sp³-hybridized carbons (Fsp3) is 0. The average Bonchev–Trinajstić information content (AvgIpc) is 3.91. The molecule has 4 aromatic heterocycles. The molecule has 0 atom stereocenters. The van der Waals surface area contributed by atoms with Gasteiger partial charge in [0.1, 0.15) is 0 Å². The molecule has 0 N–H and O–H groups in total. The zero-order chi connectivity index (χ0) is 39.6. The first-order valence-electron chi connectivity index (χ1n) is 20.1. The molecule has 12 rings (SSSR count). The van der Waals surface area contributed by atoms with Crippen LogP contribution < -0.4 is 0 Å². The summed E-state index contributed by atoms with van der Waals surface area (Å²) in [5.41, 5.74) is 12.6. The third kappa shape index (κ3) is 5.90. The lowest BCUT2D eigenvalue weighted by molar-refractivity contribution is 1.18. The van der Waals surface area contributed by atoms with Crippen molar-refractivity contribution in [1.29, 1.82) is 0 Å². The van der Waals surface area contributed by atoms with Crippen molar-refractivity contribution in [2.24, 2.45) is 0 Å². The first-order chi connectivity index (χ1) is 29.7. The maximum Gasteiger partial charge on any atom is 0.160 e. The highest BCUT2D eigenvalue weighted by atomic mass is 32.1. The van der Waals surface area contributed by atoms with E-state index >= 15 is 0 Å². The molecule has 280 valence electrons. The predicted molar refractivity (Wildman–Crippen MR) is 256 cm³/mol. The van der Waals surface area contributed by atoms with Gasteiger partial charge in [-0.05, 0) is 58.7 Å². The van der Waals surface area contributed by atoms with Crippen LogP contribution in [0.15, 0.2) is 200 Å².